The average Bonchev–Trinajstić information content (AvgIpc) is 2.38. The van der Waals surface area contributed by atoms with E-state index in [-0.39, 0.29) is 11.7 Å². The number of carboxylic acids is 1. The molecule has 19 heavy (non-hydrogen) atoms. The molecule has 1 rings (SSSR count). The topological polar surface area (TPSA) is 92.5 Å². The smallest absolute Gasteiger partial charge is 0.320 e. The lowest BCUT2D eigenvalue weighted by molar-refractivity contribution is -0.384. The number of nitrogens with one attached hydrogen (secondary N) is 1. The third kappa shape index (κ3) is 4.33. The summed E-state index contributed by atoms with van der Waals surface area (Å²) in [6, 6.07) is 5.40. The highest BCUT2D eigenvalue weighted by molar-refractivity contribution is 5.72. The molecule has 2 atom stereocenters. The second-order valence-electron chi connectivity index (χ2n) is 4.42. The van der Waals surface area contributed by atoms with Crippen molar-refractivity contribution in [1.82, 2.24) is 5.32 Å². The molecular formula is C13H18N2O4. The largest absolute Gasteiger partial charge is 0.480 e. The minimum atomic E-state index is -0.938. The quantitative estimate of drug-likeness (QED) is 0.584. The number of carbonyl (C=O) groups is 1. The Morgan fingerprint density at radius 1 is 1.53 bits per heavy atom. The summed E-state index contributed by atoms with van der Waals surface area (Å²) in [5.74, 6) is -0.938. The van der Waals surface area contributed by atoms with Gasteiger partial charge in [-0.3, -0.25) is 20.2 Å². The molecule has 2 unspecified atom stereocenters. The molecule has 0 saturated carbocycles. The molecule has 6 nitrogen and oxygen atoms in total. The Morgan fingerprint density at radius 2 is 2.21 bits per heavy atom. The Morgan fingerprint density at radius 3 is 2.74 bits per heavy atom. The molecule has 1 aromatic rings. The van der Waals surface area contributed by atoms with Gasteiger partial charge in [-0.05, 0) is 18.9 Å². The normalized spacial score (nSPS) is 13.8. The summed E-state index contributed by atoms with van der Waals surface area (Å²) in [4.78, 5) is 21.2. The van der Waals surface area contributed by atoms with Crippen molar-refractivity contribution in [3.8, 4) is 0 Å². The van der Waals surface area contributed by atoms with Gasteiger partial charge in [0, 0.05) is 18.2 Å². The molecular weight excluding hydrogens is 248 g/mol. The van der Waals surface area contributed by atoms with Crippen molar-refractivity contribution in [2.45, 2.75) is 38.8 Å². The maximum absolute atomic E-state index is 10.9. The summed E-state index contributed by atoms with van der Waals surface area (Å²) in [6.07, 6.45) is 1.57. The SMILES string of the molecule is CCCC(NC(C)C(=O)O)c1cccc([N+](=O)[O-])c1. The van der Waals surface area contributed by atoms with E-state index < -0.39 is 16.9 Å². The Bertz CT molecular complexity index is 462. The van der Waals surface area contributed by atoms with Crippen molar-refractivity contribution in [3.05, 3.63) is 39.9 Å². The van der Waals surface area contributed by atoms with Crippen LogP contribution in [0.1, 0.15) is 38.3 Å². The number of nitrogens with zero attached hydrogens (tertiary/aromatic N) is 1. The van der Waals surface area contributed by atoms with Crippen molar-refractivity contribution in [2.75, 3.05) is 0 Å². The first-order valence-corrected chi connectivity index (χ1v) is 6.19. The van der Waals surface area contributed by atoms with E-state index in [4.69, 9.17) is 5.11 Å². The molecule has 0 aliphatic rings. The molecule has 0 aliphatic carbocycles. The van der Waals surface area contributed by atoms with Gasteiger partial charge in [0.05, 0.1) is 4.92 Å². The molecule has 0 aromatic heterocycles. The van der Waals surface area contributed by atoms with Gasteiger partial charge in [0.2, 0.25) is 0 Å². The zero-order valence-corrected chi connectivity index (χ0v) is 11.0. The molecule has 0 amide bonds. The minimum Gasteiger partial charge on any atom is -0.480 e. The molecule has 0 heterocycles. The second kappa shape index (κ2) is 6.84. The van der Waals surface area contributed by atoms with Crippen LogP contribution in [0.2, 0.25) is 0 Å². The number of aliphatic carboxylic acids is 1. The Labute approximate surface area is 111 Å². The number of nitro benzene ring substituents is 1. The van der Waals surface area contributed by atoms with E-state index in [1.807, 2.05) is 6.92 Å². The van der Waals surface area contributed by atoms with Crippen LogP contribution >= 0.6 is 0 Å². The van der Waals surface area contributed by atoms with Gasteiger partial charge in [-0.1, -0.05) is 25.5 Å². The number of rotatable bonds is 7. The van der Waals surface area contributed by atoms with Crippen LogP contribution in [0.25, 0.3) is 0 Å². The van der Waals surface area contributed by atoms with Crippen LogP contribution in [0.3, 0.4) is 0 Å². The first kappa shape index (κ1) is 15.1. The van der Waals surface area contributed by atoms with Gasteiger partial charge < -0.3 is 5.11 Å². The lowest BCUT2D eigenvalue weighted by Gasteiger charge is -2.21. The Balaban J connectivity index is 2.95. The molecule has 2 N–H and O–H groups in total. The van der Waals surface area contributed by atoms with Gasteiger partial charge >= 0.3 is 5.97 Å². The predicted octanol–water partition coefficient (Wildman–Crippen LogP) is 2.50. The van der Waals surface area contributed by atoms with E-state index in [2.05, 4.69) is 5.32 Å². The van der Waals surface area contributed by atoms with Gasteiger partial charge in [0.1, 0.15) is 6.04 Å². The average molecular weight is 266 g/mol. The van der Waals surface area contributed by atoms with Crippen LogP contribution < -0.4 is 5.32 Å². The number of carboxylic acid groups (broad SMARTS) is 1. The van der Waals surface area contributed by atoms with Crippen molar-refractivity contribution in [1.29, 1.82) is 0 Å². The maximum atomic E-state index is 10.9. The molecule has 0 bridgehead atoms. The van der Waals surface area contributed by atoms with Crippen molar-refractivity contribution >= 4 is 11.7 Å². The van der Waals surface area contributed by atoms with Gasteiger partial charge in [-0.2, -0.15) is 0 Å². The molecule has 6 heteroatoms. The maximum Gasteiger partial charge on any atom is 0.320 e. The summed E-state index contributed by atoms with van der Waals surface area (Å²) in [7, 11) is 0. The highest BCUT2D eigenvalue weighted by Gasteiger charge is 2.19. The molecule has 0 aliphatic heterocycles. The van der Waals surface area contributed by atoms with Gasteiger partial charge in [-0.25, -0.2) is 0 Å². The fourth-order valence-corrected chi connectivity index (χ4v) is 1.86. The summed E-state index contributed by atoms with van der Waals surface area (Å²) < 4.78 is 0. The summed E-state index contributed by atoms with van der Waals surface area (Å²) in [5.41, 5.74) is 0.757. The van der Waals surface area contributed by atoms with Crippen LogP contribution in [0.4, 0.5) is 5.69 Å². The fourth-order valence-electron chi connectivity index (χ4n) is 1.86. The first-order valence-electron chi connectivity index (χ1n) is 6.19. The standard InChI is InChI=1S/C13H18N2O4/c1-3-5-12(14-9(2)13(16)17)10-6-4-7-11(8-10)15(18)19/h4,6-9,12,14H,3,5H2,1-2H3,(H,16,17). The van der Waals surface area contributed by atoms with Crippen LogP contribution in [0.5, 0.6) is 0 Å². The van der Waals surface area contributed by atoms with Crippen molar-refractivity contribution in [2.24, 2.45) is 0 Å². The van der Waals surface area contributed by atoms with E-state index in [0.717, 1.165) is 18.4 Å². The molecule has 0 fully saturated rings. The summed E-state index contributed by atoms with van der Waals surface area (Å²) in [5, 5.41) is 22.7. The minimum absolute atomic E-state index is 0.0170. The van der Waals surface area contributed by atoms with Crippen LogP contribution in [-0.2, 0) is 4.79 Å². The predicted molar refractivity (Wildman–Crippen MR) is 71.0 cm³/mol. The zero-order valence-electron chi connectivity index (χ0n) is 11.0. The number of hydrogen-bond acceptors (Lipinski definition) is 4. The van der Waals surface area contributed by atoms with Crippen LogP contribution in [0.15, 0.2) is 24.3 Å². The van der Waals surface area contributed by atoms with Gasteiger partial charge in [0.25, 0.3) is 5.69 Å². The fraction of sp³-hybridized carbons (Fsp3) is 0.462. The number of nitro groups is 1. The third-order valence-electron chi connectivity index (χ3n) is 2.88. The summed E-state index contributed by atoms with van der Waals surface area (Å²) in [6.45, 7) is 3.54. The van der Waals surface area contributed by atoms with Crippen molar-refractivity contribution in [3.63, 3.8) is 0 Å². The molecule has 104 valence electrons. The zero-order chi connectivity index (χ0) is 14.4. The lowest BCUT2D eigenvalue weighted by atomic mass is 10.0. The number of benzene rings is 1. The molecule has 0 spiro atoms. The lowest BCUT2D eigenvalue weighted by Crippen LogP contribution is -2.36. The Kier molecular flexibility index (Phi) is 5.44. The highest BCUT2D eigenvalue weighted by atomic mass is 16.6. The van der Waals surface area contributed by atoms with E-state index in [1.54, 1.807) is 19.1 Å². The number of non-ortho nitro benzene ring substituents is 1. The molecule has 0 saturated heterocycles. The molecule has 0 radical (unpaired) electrons. The monoisotopic (exact) mass is 266 g/mol. The van der Waals surface area contributed by atoms with E-state index in [1.165, 1.54) is 12.1 Å². The van der Waals surface area contributed by atoms with Crippen molar-refractivity contribution < 1.29 is 14.8 Å². The van der Waals surface area contributed by atoms with E-state index >= 15 is 0 Å². The highest BCUT2D eigenvalue weighted by Crippen LogP contribution is 2.23. The first-order chi connectivity index (χ1) is 8.95. The third-order valence-corrected chi connectivity index (χ3v) is 2.88. The summed E-state index contributed by atoms with van der Waals surface area (Å²) >= 11 is 0. The van der Waals surface area contributed by atoms with E-state index in [9.17, 15) is 14.9 Å². The van der Waals surface area contributed by atoms with Crippen LogP contribution in [-0.4, -0.2) is 22.0 Å². The number of hydrogen-bond donors (Lipinski definition) is 2. The van der Waals surface area contributed by atoms with Crippen LogP contribution in [0, 0.1) is 10.1 Å². The van der Waals surface area contributed by atoms with Gasteiger partial charge in [0.15, 0.2) is 0 Å². The van der Waals surface area contributed by atoms with E-state index in [0.29, 0.717) is 0 Å². The molecule has 1 aromatic carbocycles. The van der Waals surface area contributed by atoms with Gasteiger partial charge in [-0.15, -0.1) is 0 Å². The second-order valence-corrected chi connectivity index (χ2v) is 4.42. The Hall–Kier alpha value is -1.95.